The number of hydrogen-bond donors (Lipinski definition) is 0. The van der Waals surface area contributed by atoms with E-state index in [1.54, 1.807) is 10.7 Å². The van der Waals surface area contributed by atoms with Gasteiger partial charge in [0.2, 0.25) is 0 Å². The van der Waals surface area contributed by atoms with E-state index in [2.05, 4.69) is 15.3 Å². The van der Waals surface area contributed by atoms with Gasteiger partial charge in [-0.05, 0) is 23.8 Å². The first-order valence-corrected chi connectivity index (χ1v) is 9.62. The Labute approximate surface area is 163 Å². The summed E-state index contributed by atoms with van der Waals surface area (Å²) >= 11 is 1.47. The number of hydrogen-bond acceptors (Lipinski definition) is 7. The first-order chi connectivity index (χ1) is 13.7. The number of benzene rings is 2. The van der Waals surface area contributed by atoms with Crippen LogP contribution >= 0.6 is 11.8 Å². The third-order valence-corrected chi connectivity index (χ3v) is 5.13. The molecule has 0 amide bonds. The highest BCUT2D eigenvalue weighted by molar-refractivity contribution is 7.98. The van der Waals surface area contributed by atoms with Crippen molar-refractivity contribution in [3.8, 4) is 0 Å². The van der Waals surface area contributed by atoms with Crippen molar-refractivity contribution in [1.29, 1.82) is 0 Å². The monoisotopic (exact) mass is 390 g/mol. The zero-order valence-corrected chi connectivity index (χ0v) is 15.4. The Bertz CT molecular complexity index is 1310. The first-order valence-electron chi connectivity index (χ1n) is 8.64. The van der Waals surface area contributed by atoms with Crippen LogP contribution in [0.4, 0.5) is 0 Å². The largest absolute Gasteiger partial charge is 0.431 e. The van der Waals surface area contributed by atoms with Crippen LogP contribution in [0.25, 0.3) is 22.1 Å². The second-order valence-electron chi connectivity index (χ2n) is 6.23. The fraction of sp³-hybridized carbons (Fsp3) is 0.100. The molecule has 0 unspecified atom stereocenters. The Hall–Kier alpha value is -3.39. The van der Waals surface area contributed by atoms with Crippen molar-refractivity contribution in [2.24, 2.45) is 0 Å². The van der Waals surface area contributed by atoms with Gasteiger partial charge in [0.15, 0.2) is 5.58 Å². The quantitative estimate of drug-likeness (QED) is 0.332. The highest BCUT2D eigenvalue weighted by Crippen LogP contribution is 2.25. The SMILES string of the molecule is O=c1cc(Cn2cc(CSc3nc4ccccc4o3)nn2)c2ccccc2o1. The zero-order valence-electron chi connectivity index (χ0n) is 14.6. The summed E-state index contributed by atoms with van der Waals surface area (Å²) < 4.78 is 12.7. The number of para-hydroxylation sites is 3. The normalized spacial score (nSPS) is 11.4. The smallest absolute Gasteiger partial charge is 0.336 e. The molecule has 3 aromatic heterocycles. The van der Waals surface area contributed by atoms with Crippen LogP contribution in [-0.2, 0) is 12.3 Å². The molecule has 0 radical (unpaired) electrons. The van der Waals surface area contributed by atoms with Crippen LogP contribution in [-0.4, -0.2) is 20.0 Å². The number of rotatable bonds is 5. The van der Waals surface area contributed by atoms with Crippen LogP contribution in [0.5, 0.6) is 0 Å². The molecule has 138 valence electrons. The second kappa shape index (κ2) is 6.97. The number of oxazole rings is 1. The summed E-state index contributed by atoms with van der Waals surface area (Å²) in [5.74, 6) is 0.588. The van der Waals surface area contributed by atoms with Crippen LogP contribution in [0.2, 0.25) is 0 Å². The van der Waals surface area contributed by atoms with Crippen molar-refractivity contribution >= 4 is 33.8 Å². The van der Waals surface area contributed by atoms with E-state index in [1.165, 1.54) is 17.8 Å². The van der Waals surface area contributed by atoms with Crippen molar-refractivity contribution in [2.45, 2.75) is 17.5 Å². The predicted octanol–water partition coefficient (Wildman–Crippen LogP) is 3.87. The van der Waals surface area contributed by atoms with Gasteiger partial charge in [-0.3, -0.25) is 0 Å². The van der Waals surface area contributed by atoms with Crippen LogP contribution in [0.3, 0.4) is 0 Å². The van der Waals surface area contributed by atoms with Crippen molar-refractivity contribution < 1.29 is 8.83 Å². The highest BCUT2D eigenvalue weighted by Gasteiger charge is 2.10. The van der Waals surface area contributed by atoms with E-state index in [0.717, 1.165) is 27.7 Å². The lowest BCUT2D eigenvalue weighted by Gasteiger charge is -2.04. The minimum absolute atomic E-state index is 0.374. The zero-order chi connectivity index (χ0) is 18.9. The molecule has 2 aromatic carbocycles. The topological polar surface area (TPSA) is 87.0 Å². The molecule has 0 spiro atoms. The minimum Gasteiger partial charge on any atom is -0.431 e. The molecule has 0 aliphatic carbocycles. The summed E-state index contributed by atoms with van der Waals surface area (Å²) in [6, 6.07) is 16.6. The lowest BCUT2D eigenvalue weighted by Crippen LogP contribution is -2.06. The molecule has 8 heteroatoms. The molecule has 0 bridgehead atoms. The summed E-state index contributed by atoms with van der Waals surface area (Å²) in [5.41, 5.74) is 3.44. The summed E-state index contributed by atoms with van der Waals surface area (Å²) in [5, 5.41) is 9.87. The number of nitrogens with zero attached hydrogens (tertiary/aromatic N) is 4. The van der Waals surface area contributed by atoms with Gasteiger partial charge in [0.1, 0.15) is 11.1 Å². The highest BCUT2D eigenvalue weighted by atomic mass is 32.2. The van der Waals surface area contributed by atoms with Crippen LogP contribution in [0.15, 0.2) is 79.6 Å². The standard InChI is InChI=1S/C20H14N4O3S/c25-19-9-13(15-5-1-3-7-17(15)26-19)10-24-11-14(22-23-24)12-28-20-21-16-6-2-4-8-18(16)27-20/h1-9,11H,10,12H2. The molecule has 5 aromatic rings. The van der Waals surface area contributed by atoms with Crippen LogP contribution < -0.4 is 5.63 Å². The summed E-state index contributed by atoms with van der Waals surface area (Å²) in [6.07, 6.45) is 1.86. The fourth-order valence-corrected chi connectivity index (χ4v) is 3.73. The fourth-order valence-electron chi connectivity index (χ4n) is 3.01. The molecule has 0 fully saturated rings. The van der Waals surface area contributed by atoms with Gasteiger partial charge in [0.25, 0.3) is 5.22 Å². The molecule has 0 aliphatic heterocycles. The van der Waals surface area contributed by atoms with Gasteiger partial charge < -0.3 is 8.83 Å². The molecule has 0 saturated heterocycles. The maximum absolute atomic E-state index is 11.8. The van der Waals surface area contributed by atoms with Crippen LogP contribution in [0.1, 0.15) is 11.3 Å². The first kappa shape index (κ1) is 16.8. The molecule has 7 nitrogen and oxygen atoms in total. The van der Waals surface area contributed by atoms with Crippen molar-refractivity contribution in [1.82, 2.24) is 20.0 Å². The van der Waals surface area contributed by atoms with Gasteiger partial charge in [0.05, 0.1) is 12.2 Å². The van der Waals surface area contributed by atoms with E-state index < -0.39 is 0 Å². The molecule has 0 aliphatic rings. The average molecular weight is 390 g/mol. The molecular formula is C20H14N4O3S. The van der Waals surface area contributed by atoms with E-state index in [1.807, 2.05) is 48.7 Å². The Morgan fingerprint density at radius 3 is 2.71 bits per heavy atom. The van der Waals surface area contributed by atoms with Gasteiger partial charge in [-0.15, -0.1) is 5.10 Å². The lowest BCUT2D eigenvalue weighted by molar-refractivity contribution is 0.489. The maximum atomic E-state index is 11.8. The third-order valence-electron chi connectivity index (χ3n) is 4.27. The van der Waals surface area contributed by atoms with Gasteiger partial charge in [-0.1, -0.05) is 47.3 Å². The molecule has 5 rings (SSSR count). The molecule has 0 saturated carbocycles. The van der Waals surface area contributed by atoms with Gasteiger partial charge in [0, 0.05) is 23.4 Å². The molecule has 0 N–H and O–H groups in total. The molecular weight excluding hydrogens is 376 g/mol. The third kappa shape index (κ3) is 3.29. The van der Waals surface area contributed by atoms with Gasteiger partial charge >= 0.3 is 5.63 Å². The van der Waals surface area contributed by atoms with Crippen molar-refractivity contribution in [3.05, 3.63) is 82.5 Å². The van der Waals surface area contributed by atoms with Crippen molar-refractivity contribution in [2.75, 3.05) is 0 Å². The lowest BCUT2D eigenvalue weighted by atomic mass is 10.1. The summed E-state index contributed by atoms with van der Waals surface area (Å²) in [4.78, 5) is 16.2. The molecule has 0 atom stereocenters. The van der Waals surface area contributed by atoms with E-state index in [-0.39, 0.29) is 5.63 Å². The number of aromatic nitrogens is 4. The number of thioether (sulfide) groups is 1. The molecule has 3 heterocycles. The summed E-state index contributed by atoms with van der Waals surface area (Å²) in [6.45, 7) is 0.437. The predicted molar refractivity (Wildman–Crippen MR) is 105 cm³/mol. The summed E-state index contributed by atoms with van der Waals surface area (Å²) in [7, 11) is 0. The van der Waals surface area contributed by atoms with E-state index in [0.29, 0.717) is 23.1 Å². The van der Waals surface area contributed by atoms with E-state index in [4.69, 9.17) is 8.83 Å². The van der Waals surface area contributed by atoms with E-state index >= 15 is 0 Å². The van der Waals surface area contributed by atoms with Gasteiger partial charge in [-0.2, -0.15) is 0 Å². The Morgan fingerprint density at radius 2 is 1.82 bits per heavy atom. The second-order valence-corrected chi connectivity index (χ2v) is 7.16. The maximum Gasteiger partial charge on any atom is 0.336 e. The van der Waals surface area contributed by atoms with Crippen molar-refractivity contribution in [3.63, 3.8) is 0 Å². The molecule has 28 heavy (non-hydrogen) atoms. The Kier molecular flexibility index (Phi) is 4.17. The van der Waals surface area contributed by atoms with E-state index in [9.17, 15) is 4.79 Å². The minimum atomic E-state index is -0.374. The average Bonchev–Trinajstić information content (AvgIpc) is 3.32. The van der Waals surface area contributed by atoms with Gasteiger partial charge in [-0.25, -0.2) is 14.5 Å². The Morgan fingerprint density at radius 1 is 1.00 bits per heavy atom. The Balaban J connectivity index is 1.33. The van der Waals surface area contributed by atoms with Crippen LogP contribution in [0, 0.1) is 0 Å². The number of fused-ring (bicyclic) bond motifs is 2.